The summed E-state index contributed by atoms with van der Waals surface area (Å²) in [7, 11) is 0. The van der Waals surface area contributed by atoms with Gasteiger partial charge in [0.1, 0.15) is 18.2 Å². The summed E-state index contributed by atoms with van der Waals surface area (Å²) >= 11 is 5.95. The highest BCUT2D eigenvalue weighted by Gasteiger charge is 2.44. The van der Waals surface area contributed by atoms with Gasteiger partial charge < -0.3 is 19.1 Å². The summed E-state index contributed by atoms with van der Waals surface area (Å²) in [5, 5.41) is 9.88. The second-order valence-corrected chi connectivity index (χ2v) is 12.5. The third-order valence-electron chi connectivity index (χ3n) is 9.17. The first kappa shape index (κ1) is 28.1. The molecule has 1 saturated carbocycles. The van der Waals surface area contributed by atoms with Crippen molar-refractivity contribution in [2.24, 2.45) is 5.41 Å². The van der Waals surface area contributed by atoms with Crippen molar-refractivity contribution in [3.8, 4) is 11.5 Å². The van der Waals surface area contributed by atoms with Crippen LogP contribution in [0.1, 0.15) is 65.0 Å². The average molecular weight is 608 g/mol. The predicted molar refractivity (Wildman–Crippen MR) is 158 cm³/mol. The van der Waals surface area contributed by atoms with E-state index >= 15 is 0 Å². The Kier molecular flexibility index (Phi) is 7.26. The van der Waals surface area contributed by atoms with Gasteiger partial charge in [0.05, 0.1) is 29.8 Å². The number of carboxylic acid groups (broad SMARTS) is 1. The van der Waals surface area contributed by atoms with E-state index in [4.69, 9.17) is 26.1 Å². The lowest BCUT2D eigenvalue weighted by Gasteiger charge is -2.35. The molecule has 0 radical (unpaired) electrons. The van der Waals surface area contributed by atoms with Crippen LogP contribution in [0.2, 0.25) is 5.02 Å². The van der Waals surface area contributed by atoms with Gasteiger partial charge in [-0.3, -0.25) is 9.29 Å². The lowest BCUT2D eigenvalue weighted by atomic mass is 9.88. The molecule has 7 nitrogen and oxygen atoms in total. The van der Waals surface area contributed by atoms with E-state index in [0.717, 1.165) is 61.2 Å². The van der Waals surface area contributed by atoms with Crippen molar-refractivity contribution >= 4 is 28.6 Å². The van der Waals surface area contributed by atoms with Crippen molar-refractivity contribution in [3.63, 3.8) is 0 Å². The minimum absolute atomic E-state index is 0.199. The van der Waals surface area contributed by atoms with Gasteiger partial charge in [0.25, 0.3) is 0 Å². The third-order valence-corrected chi connectivity index (χ3v) is 9.40. The molecule has 3 aliphatic rings. The van der Waals surface area contributed by atoms with Crippen molar-refractivity contribution in [2.45, 2.75) is 50.8 Å². The number of aromatic carboxylic acids is 1. The first-order chi connectivity index (χ1) is 20.8. The number of para-hydroxylation sites is 1. The first-order valence-electron chi connectivity index (χ1n) is 14.7. The SMILES string of the molecule is O=C(O)c1ccc2nc(CN3CCC(c4cccc5c4OC(c4ccc(Cl)cc4F)CO5)CC3)n(CC3(CF)CC3)c2c1. The number of imidazole rings is 1. The molecule has 1 aromatic heterocycles. The molecule has 10 heteroatoms. The molecule has 0 bridgehead atoms. The van der Waals surface area contributed by atoms with Crippen LogP contribution in [0.15, 0.2) is 54.6 Å². The summed E-state index contributed by atoms with van der Waals surface area (Å²) < 4.78 is 43.0. The van der Waals surface area contributed by atoms with Gasteiger partial charge in [-0.25, -0.2) is 14.2 Å². The van der Waals surface area contributed by atoms with Gasteiger partial charge >= 0.3 is 5.97 Å². The number of benzene rings is 3. The van der Waals surface area contributed by atoms with Gasteiger partial charge in [0, 0.05) is 28.1 Å². The summed E-state index contributed by atoms with van der Waals surface area (Å²) in [5.41, 5.74) is 2.76. The summed E-state index contributed by atoms with van der Waals surface area (Å²) in [6, 6.07) is 15.5. The highest BCUT2D eigenvalue weighted by molar-refractivity contribution is 6.30. The van der Waals surface area contributed by atoms with E-state index in [1.807, 2.05) is 16.7 Å². The van der Waals surface area contributed by atoms with Crippen LogP contribution in [-0.2, 0) is 13.1 Å². The van der Waals surface area contributed by atoms with Crippen molar-refractivity contribution < 1.29 is 28.2 Å². The highest BCUT2D eigenvalue weighted by Crippen LogP contribution is 2.48. The number of carboxylic acids is 1. The van der Waals surface area contributed by atoms with Crippen LogP contribution in [0.25, 0.3) is 11.0 Å². The summed E-state index contributed by atoms with van der Waals surface area (Å²) in [4.78, 5) is 18.9. The molecule has 224 valence electrons. The minimum Gasteiger partial charge on any atom is -0.485 e. The summed E-state index contributed by atoms with van der Waals surface area (Å²) in [6.07, 6.45) is 2.85. The van der Waals surface area contributed by atoms with Crippen LogP contribution in [0.5, 0.6) is 11.5 Å². The molecule has 1 atom stereocenters. The Balaban J connectivity index is 1.09. The standard InChI is InChI=1S/C33H32ClF2N3O4/c34-22-5-6-24(25(36)15-22)29-17-42-28-3-1-2-23(31(28)43-29)20-8-12-38(13-9-20)16-30-37-26-7-4-21(32(40)41)14-27(26)39(30)19-33(18-35)10-11-33/h1-7,14-15,20,29H,8-13,16-19H2,(H,40,41). The van der Waals surface area contributed by atoms with Crippen LogP contribution in [0.4, 0.5) is 8.78 Å². The Bertz CT molecular complexity index is 1700. The number of hydrogen-bond acceptors (Lipinski definition) is 5. The molecule has 43 heavy (non-hydrogen) atoms. The van der Waals surface area contributed by atoms with Crippen molar-refractivity contribution in [3.05, 3.63) is 88.0 Å². The zero-order valence-electron chi connectivity index (χ0n) is 23.6. The number of carbonyl (C=O) groups is 1. The molecule has 1 aliphatic carbocycles. The maximum Gasteiger partial charge on any atom is 0.335 e. The molecule has 1 saturated heterocycles. The number of nitrogens with zero attached hydrogens (tertiary/aromatic N) is 3. The number of rotatable bonds is 8. The highest BCUT2D eigenvalue weighted by atomic mass is 35.5. The van der Waals surface area contributed by atoms with Crippen LogP contribution in [0.3, 0.4) is 0 Å². The number of halogens is 3. The van der Waals surface area contributed by atoms with E-state index in [2.05, 4.69) is 11.0 Å². The lowest BCUT2D eigenvalue weighted by molar-refractivity contribution is 0.0697. The number of fused-ring (bicyclic) bond motifs is 2. The monoisotopic (exact) mass is 607 g/mol. The Labute approximate surface area is 253 Å². The minimum atomic E-state index is -0.994. The zero-order chi connectivity index (χ0) is 29.7. The molecule has 0 amide bonds. The van der Waals surface area contributed by atoms with E-state index in [1.165, 1.54) is 6.07 Å². The van der Waals surface area contributed by atoms with Gasteiger partial charge in [-0.15, -0.1) is 0 Å². The number of piperidine rings is 1. The number of likely N-dealkylation sites (tertiary alicyclic amines) is 1. The average Bonchev–Trinajstić information content (AvgIpc) is 3.72. The maximum atomic E-state index is 14.7. The van der Waals surface area contributed by atoms with Gasteiger partial charge in [-0.05, 0) is 81.1 Å². The van der Waals surface area contributed by atoms with Crippen LogP contribution >= 0.6 is 11.6 Å². The van der Waals surface area contributed by atoms with Crippen molar-refractivity contribution in [1.29, 1.82) is 0 Å². The molecule has 0 spiro atoms. The normalized spacial score (nSPS) is 19.9. The Morgan fingerprint density at radius 2 is 1.91 bits per heavy atom. The molecule has 1 N–H and O–H groups in total. The summed E-state index contributed by atoms with van der Waals surface area (Å²) in [6.45, 7) is 2.56. The van der Waals surface area contributed by atoms with Crippen LogP contribution in [0, 0.1) is 11.2 Å². The maximum absolute atomic E-state index is 14.7. The number of alkyl halides is 1. The van der Waals surface area contributed by atoms with Crippen molar-refractivity contribution in [1.82, 2.24) is 14.5 Å². The fourth-order valence-electron chi connectivity index (χ4n) is 6.40. The largest absolute Gasteiger partial charge is 0.485 e. The second kappa shape index (κ2) is 11.1. The Morgan fingerprint density at radius 1 is 1.09 bits per heavy atom. The predicted octanol–water partition coefficient (Wildman–Crippen LogP) is 7.17. The van der Waals surface area contributed by atoms with Crippen LogP contribution < -0.4 is 9.47 Å². The first-order valence-corrected chi connectivity index (χ1v) is 15.1. The number of aromatic nitrogens is 2. The van der Waals surface area contributed by atoms with E-state index in [9.17, 15) is 18.7 Å². The second-order valence-electron chi connectivity index (χ2n) is 12.1. The quantitative estimate of drug-likeness (QED) is 0.229. The van der Waals surface area contributed by atoms with E-state index in [1.54, 1.807) is 30.3 Å². The third kappa shape index (κ3) is 5.45. The lowest BCUT2D eigenvalue weighted by Crippen LogP contribution is -2.34. The fourth-order valence-corrected chi connectivity index (χ4v) is 6.56. The molecule has 3 heterocycles. The topological polar surface area (TPSA) is 76.8 Å². The molecule has 1 unspecified atom stereocenters. The molecule has 3 aromatic carbocycles. The number of hydrogen-bond donors (Lipinski definition) is 1. The van der Waals surface area contributed by atoms with E-state index in [-0.39, 0.29) is 23.5 Å². The number of ether oxygens (including phenoxy) is 2. The van der Waals surface area contributed by atoms with Gasteiger partial charge in [-0.1, -0.05) is 29.8 Å². The van der Waals surface area contributed by atoms with Gasteiger partial charge in [0.2, 0.25) is 0 Å². The molecule has 2 fully saturated rings. The molecular formula is C33H32ClF2N3O4. The molecule has 4 aromatic rings. The molecular weight excluding hydrogens is 576 g/mol. The smallest absolute Gasteiger partial charge is 0.335 e. The van der Waals surface area contributed by atoms with Gasteiger partial charge in [-0.2, -0.15) is 0 Å². The van der Waals surface area contributed by atoms with E-state index in [0.29, 0.717) is 35.2 Å². The molecule has 2 aliphatic heterocycles. The van der Waals surface area contributed by atoms with Crippen molar-refractivity contribution in [2.75, 3.05) is 26.4 Å². The Hall–Kier alpha value is -3.69. The van der Waals surface area contributed by atoms with E-state index < -0.39 is 24.6 Å². The fraction of sp³-hybridized carbons (Fsp3) is 0.394. The Morgan fingerprint density at radius 3 is 2.63 bits per heavy atom. The van der Waals surface area contributed by atoms with Crippen LogP contribution in [-0.4, -0.2) is 51.9 Å². The van der Waals surface area contributed by atoms with Gasteiger partial charge in [0.15, 0.2) is 17.6 Å². The zero-order valence-corrected chi connectivity index (χ0v) is 24.3. The summed E-state index contributed by atoms with van der Waals surface area (Å²) in [5.74, 6) is 0.997. The molecule has 7 rings (SSSR count).